The van der Waals surface area contributed by atoms with Crippen molar-refractivity contribution < 1.29 is 0 Å². The van der Waals surface area contributed by atoms with E-state index in [4.69, 9.17) is 19.9 Å². The van der Waals surface area contributed by atoms with Gasteiger partial charge in [-0.1, -0.05) is 152 Å². The summed E-state index contributed by atoms with van der Waals surface area (Å²) in [7, 11) is 0. The van der Waals surface area contributed by atoms with Crippen molar-refractivity contribution in [3.8, 4) is 62.2 Å². The highest BCUT2D eigenvalue weighted by molar-refractivity contribution is 6.09. The number of pyridine rings is 1. The van der Waals surface area contributed by atoms with Crippen molar-refractivity contribution in [2.75, 3.05) is 0 Å². The third-order valence-electron chi connectivity index (χ3n) is 10.8. The smallest absolute Gasteiger partial charge is 0.164 e. The molecule has 0 aliphatic carbocycles. The van der Waals surface area contributed by atoms with Crippen molar-refractivity contribution >= 4 is 43.5 Å². The standard InChI is InChI=1S/C52H33N5/c1-3-13-34(14-4-1)35-23-25-37(26-24-35)51-54-50(36-15-5-2-6-16-36)55-52(56-51)42-30-41(46-28-27-40-29-38-17-7-8-18-39(38)33-47(40)53-46)31-43(32-42)57-48-21-11-9-19-44(48)45-20-10-12-22-49(45)57/h1-33H. The Balaban J connectivity index is 1.14. The predicted octanol–water partition coefficient (Wildman–Crippen LogP) is 13.0. The average Bonchev–Trinajstić information content (AvgIpc) is 3.63. The Morgan fingerprint density at radius 2 is 0.789 bits per heavy atom. The second kappa shape index (κ2) is 13.5. The average molecular weight is 728 g/mol. The van der Waals surface area contributed by atoms with Crippen molar-refractivity contribution in [2.24, 2.45) is 0 Å². The third kappa shape index (κ3) is 5.90. The molecule has 0 spiro atoms. The molecule has 11 rings (SSSR count). The molecule has 5 heteroatoms. The highest BCUT2D eigenvalue weighted by Crippen LogP contribution is 2.37. The van der Waals surface area contributed by atoms with Gasteiger partial charge in [0.05, 0.1) is 22.2 Å². The lowest BCUT2D eigenvalue weighted by atomic mass is 10.0. The molecule has 0 fully saturated rings. The molecule has 57 heavy (non-hydrogen) atoms. The molecule has 0 saturated heterocycles. The van der Waals surface area contributed by atoms with Crippen LogP contribution in [0.2, 0.25) is 0 Å². The Morgan fingerprint density at radius 1 is 0.298 bits per heavy atom. The van der Waals surface area contributed by atoms with Crippen LogP contribution < -0.4 is 0 Å². The number of para-hydroxylation sites is 2. The van der Waals surface area contributed by atoms with Gasteiger partial charge in [0.1, 0.15) is 0 Å². The van der Waals surface area contributed by atoms with Crippen molar-refractivity contribution in [1.82, 2.24) is 24.5 Å². The van der Waals surface area contributed by atoms with E-state index in [0.29, 0.717) is 17.5 Å². The fraction of sp³-hybridized carbons (Fsp3) is 0. The zero-order chi connectivity index (χ0) is 37.7. The molecule has 0 amide bonds. The van der Waals surface area contributed by atoms with Crippen LogP contribution in [-0.4, -0.2) is 24.5 Å². The van der Waals surface area contributed by atoms with Crippen molar-refractivity contribution in [3.05, 3.63) is 200 Å². The number of hydrogen-bond donors (Lipinski definition) is 0. The Kier molecular flexibility index (Phi) is 7.74. The lowest BCUT2D eigenvalue weighted by molar-refractivity contribution is 1.07. The van der Waals surface area contributed by atoms with Gasteiger partial charge >= 0.3 is 0 Å². The van der Waals surface area contributed by atoms with Gasteiger partial charge in [-0.25, -0.2) is 19.9 Å². The maximum atomic E-state index is 5.28. The van der Waals surface area contributed by atoms with E-state index >= 15 is 0 Å². The van der Waals surface area contributed by atoms with Gasteiger partial charge in [-0.15, -0.1) is 0 Å². The first-order valence-electron chi connectivity index (χ1n) is 19.1. The van der Waals surface area contributed by atoms with Crippen LogP contribution in [0.5, 0.6) is 0 Å². The van der Waals surface area contributed by atoms with E-state index in [1.54, 1.807) is 0 Å². The maximum Gasteiger partial charge on any atom is 0.164 e. The quantitative estimate of drug-likeness (QED) is 0.160. The summed E-state index contributed by atoms with van der Waals surface area (Å²) in [5.41, 5.74) is 11.0. The van der Waals surface area contributed by atoms with Gasteiger partial charge in [-0.05, 0) is 70.4 Å². The molecule has 3 heterocycles. The van der Waals surface area contributed by atoms with Crippen LogP contribution in [0.25, 0.3) is 106 Å². The first-order chi connectivity index (χ1) is 28.2. The van der Waals surface area contributed by atoms with Crippen LogP contribution in [0, 0.1) is 0 Å². The van der Waals surface area contributed by atoms with Crippen LogP contribution in [-0.2, 0) is 0 Å². The minimum atomic E-state index is 0.585. The lowest BCUT2D eigenvalue weighted by Crippen LogP contribution is -2.02. The van der Waals surface area contributed by atoms with Crippen molar-refractivity contribution in [3.63, 3.8) is 0 Å². The first kappa shape index (κ1) is 32.7. The second-order valence-corrected chi connectivity index (χ2v) is 14.3. The highest BCUT2D eigenvalue weighted by Gasteiger charge is 2.18. The Bertz CT molecular complexity index is 3230. The van der Waals surface area contributed by atoms with E-state index < -0.39 is 0 Å². The van der Waals surface area contributed by atoms with Crippen LogP contribution in [0.15, 0.2) is 200 Å². The Labute approximate surface area is 329 Å². The summed E-state index contributed by atoms with van der Waals surface area (Å²) in [6.45, 7) is 0. The number of aromatic nitrogens is 5. The second-order valence-electron chi connectivity index (χ2n) is 14.3. The van der Waals surface area contributed by atoms with Gasteiger partial charge in [0, 0.05) is 44.1 Å². The van der Waals surface area contributed by atoms with Gasteiger partial charge in [-0.3, -0.25) is 0 Å². The minimum Gasteiger partial charge on any atom is -0.309 e. The summed E-state index contributed by atoms with van der Waals surface area (Å²) in [5, 5.41) is 5.86. The van der Waals surface area contributed by atoms with Crippen LogP contribution >= 0.6 is 0 Å². The molecule has 0 saturated carbocycles. The number of benzene rings is 8. The summed E-state index contributed by atoms with van der Waals surface area (Å²) < 4.78 is 2.34. The molecule has 0 bridgehead atoms. The van der Waals surface area contributed by atoms with Crippen LogP contribution in [0.1, 0.15) is 0 Å². The van der Waals surface area contributed by atoms with Crippen LogP contribution in [0.4, 0.5) is 0 Å². The topological polar surface area (TPSA) is 56.5 Å². The lowest BCUT2D eigenvalue weighted by Gasteiger charge is -2.14. The van der Waals surface area contributed by atoms with Crippen molar-refractivity contribution in [2.45, 2.75) is 0 Å². The molecule has 0 N–H and O–H groups in total. The van der Waals surface area contributed by atoms with Crippen molar-refractivity contribution in [1.29, 1.82) is 0 Å². The molecule has 5 nitrogen and oxygen atoms in total. The maximum absolute atomic E-state index is 5.28. The largest absolute Gasteiger partial charge is 0.309 e. The molecule has 8 aromatic carbocycles. The molecule has 3 aromatic heterocycles. The summed E-state index contributed by atoms with van der Waals surface area (Å²) >= 11 is 0. The summed E-state index contributed by atoms with van der Waals surface area (Å²) in [6.07, 6.45) is 0. The predicted molar refractivity (Wildman–Crippen MR) is 234 cm³/mol. The van der Waals surface area contributed by atoms with E-state index in [1.807, 2.05) is 36.4 Å². The molecular weight excluding hydrogens is 695 g/mol. The molecule has 0 aliphatic heterocycles. The number of hydrogen-bond acceptors (Lipinski definition) is 4. The fourth-order valence-electron chi connectivity index (χ4n) is 7.98. The SMILES string of the molecule is c1ccc(-c2ccc(-c3nc(-c4ccccc4)nc(-c4cc(-c5ccc6cc7ccccc7cc6n5)cc(-n5c6ccccc6c6ccccc65)c4)n3)cc2)cc1. The summed E-state index contributed by atoms with van der Waals surface area (Å²) in [5.74, 6) is 1.81. The molecule has 0 unspecified atom stereocenters. The Morgan fingerprint density at radius 3 is 1.46 bits per heavy atom. The third-order valence-corrected chi connectivity index (χ3v) is 10.8. The normalized spacial score (nSPS) is 11.5. The molecule has 266 valence electrons. The van der Waals surface area contributed by atoms with Crippen LogP contribution in [0.3, 0.4) is 0 Å². The molecule has 11 aromatic rings. The fourth-order valence-corrected chi connectivity index (χ4v) is 7.98. The zero-order valence-electron chi connectivity index (χ0n) is 30.8. The highest BCUT2D eigenvalue weighted by atomic mass is 15.0. The Hall–Kier alpha value is -7.76. The monoisotopic (exact) mass is 727 g/mol. The zero-order valence-corrected chi connectivity index (χ0v) is 30.8. The van der Waals surface area contributed by atoms with Gasteiger partial charge < -0.3 is 4.57 Å². The first-order valence-corrected chi connectivity index (χ1v) is 19.1. The van der Waals surface area contributed by atoms with Gasteiger partial charge in [0.25, 0.3) is 0 Å². The molecule has 0 atom stereocenters. The number of fused-ring (bicyclic) bond motifs is 5. The molecule has 0 radical (unpaired) electrons. The van der Waals surface area contributed by atoms with Gasteiger partial charge in [-0.2, -0.15) is 0 Å². The van der Waals surface area contributed by atoms with Gasteiger partial charge in [0.15, 0.2) is 17.5 Å². The van der Waals surface area contributed by atoms with E-state index in [9.17, 15) is 0 Å². The molecule has 0 aliphatic rings. The van der Waals surface area contributed by atoms with E-state index in [-0.39, 0.29) is 0 Å². The van der Waals surface area contributed by atoms with E-state index in [1.165, 1.54) is 16.2 Å². The summed E-state index contributed by atoms with van der Waals surface area (Å²) in [6, 6.07) is 69.9. The van der Waals surface area contributed by atoms with E-state index in [2.05, 4.69) is 168 Å². The minimum absolute atomic E-state index is 0.585. The number of nitrogens with zero attached hydrogens (tertiary/aromatic N) is 5. The van der Waals surface area contributed by atoms with E-state index in [0.717, 1.165) is 72.1 Å². The summed E-state index contributed by atoms with van der Waals surface area (Å²) in [4.78, 5) is 20.7. The molecular formula is C52H33N5. The van der Waals surface area contributed by atoms with Gasteiger partial charge in [0.2, 0.25) is 0 Å². The number of rotatable bonds is 6.